The van der Waals surface area contributed by atoms with Crippen LogP contribution in [0.3, 0.4) is 0 Å². The number of hydrogen-bond donors (Lipinski definition) is 1. The summed E-state index contributed by atoms with van der Waals surface area (Å²) < 4.78 is 7.53. The molecule has 2 atom stereocenters. The van der Waals surface area contributed by atoms with Crippen LogP contribution in [0.2, 0.25) is 0 Å². The molecule has 0 amide bonds. The van der Waals surface area contributed by atoms with E-state index in [-0.39, 0.29) is 12.1 Å². The molecular weight excluding hydrogens is 418 g/mol. The van der Waals surface area contributed by atoms with Gasteiger partial charge in [-0.15, -0.1) is 0 Å². The fourth-order valence-corrected chi connectivity index (χ4v) is 4.50. The summed E-state index contributed by atoms with van der Waals surface area (Å²) in [5.74, 6) is 0.830. The predicted octanol–water partition coefficient (Wildman–Crippen LogP) is 4.45. The van der Waals surface area contributed by atoms with E-state index in [4.69, 9.17) is 17.0 Å². The third-order valence-electron chi connectivity index (χ3n) is 5.73. The maximum Gasteiger partial charge on any atom is 0.170 e. The molecule has 0 spiro atoms. The van der Waals surface area contributed by atoms with Crippen LogP contribution in [0.15, 0.2) is 91.5 Å². The Kier molecular flexibility index (Phi) is 5.56. The molecule has 1 aliphatic heterocycles. The lowest BCUT2D eigenvalue weighted by Crippen LogP contribution is -2.30. The van der Waals surface area contributed by atoms with E-state index in [0.717, 1.165) is 28.4 Å². The highest BCUT2D eigenvalue weighted by Crippen LogP contribution is 2.40. The largest absolute Gasteiger partial charge is 0.497 e. The number of benzene rings is 1. The van der Waals surface area contributed by atoms with Gasteiger partial charge in [0.25, 0.3) is 0 Å². The minimum atomic E-state index is -0.0718. The number of thiocarbonyl (C=S) groups is 1. The number of aromatic nitrogens is 3. The minimum Gasteiger partial charge on any atom is -0.497 e. The molecule has 1 saturated heterocycles. The molecule has 1 N–H and O–H groups in total. The topological polar surface area (TPSA) is 55.2 Å². The van der Waals surface area contributed by atoms with Gasteiger partial charge in [0.05, 0.1) is 24.9 Å². The Hall–Kier alpha value is -3.71. The molecule has 4 aromatic rings. The van der Waals surface area contributed by atoms with Crippen molar-refractivity contribution in [1.29, 1.82) is 0 Å². The first-order chi connectivity index (χ1) is 15.7. The van der Waals surface area contributed by atoms with Crippen molar-refractivity contribution in [2.24, 2.45) is 0 Å². The summed E-state index contributed by atoms with van der Waals surface area (Å²) in [6, 6.07) is 22.2. The maximum atomic E-state index is 5.81. The lowest BCUT2D eigenvalue weighted by atomic mass is 10.0. The van der Waals surface area contributed by atoms with Gasteiger partial charge in [0.15, 0.2) is 5.11 Å². The van der Waals surface area contributed by atoms with E-state index >= 15 is 0 Å². The summed E-state index contributed by atoms with van der Waals surface area (Å²) in [5, 5.41) is 4.23. The molecule has 0 unspecified atom stereocenters. The van der Waals surface area contributed by atoms with Crippen LogP contribution in [0.5, 0.6) is 5.75 Å². The van der Waals surface area contributed by atoms with Gasteiger partial charge in [-0.1, -0.05) is 6.07 Å². The van der Waals surface area contributed by atoms with E-state index in [9.17, 15) is 0 Å². The number of pyridine rings is 2. The molecule has 3 aromatic heterocycles. The van der Waals surface area contributed by atoms with Crippen LogP contribution in [0.25, 0.3) is 5.69 Å². The zero-order valence-corrected chi connectivity index (χ0v) is 18.4. The summed E-state index contributed by atoms with van der Waals surface area (Å²) in [4.78, 5) is 11.0. The standard InChI is InChI=1S/C25H23N5OS/c1-31-20-9-7-19(8-10-20)29-16-4-6-22(29)24-23(21-5-2-3-13-27-21)28-25(32)30(24)17-18-11-14-26-15-12-18/h2-16,23-24H,17H2,1H3,(H,28,32)/t23-,24+/m0/s1. The quantitative estimate of drug-likeness (QED) is 0.446. The Labute approximate surface area is 192 Å². The fraction of sp³-hybridized carbons (Fsp3) is 0.160. The zero-order chi connectivity index (χ0) is 21.9. The van der Waals surface area contributed by atoms with Gasteiger partial charge in [0, 0.05) is 42.7 Å². The monoisotopic (exact) mass is 441 g/mol. The second kappa shape index (κ2) is 8.80. The molecule has 1 fully saturated rings. The van der Waals surface area contributed by atoms with Gasteiger partial charge in [-0.25, -0.2) is 0 Å². The van der Waals surface area contributed by atoms with Crippen molar-refractivity contribution in [3.05, 3.63) is 108 Å². The van der Waals surface area contributed by atoms with E-state index in [0.29, 0.717) is 11.7 Å². The predicted molar refractivity (Wildman–Crippen MR) is 128 cm³/mol. The Morgan fingerprint density at radius 1 is 0.969 bits per heavy atom. The summed E-state index contributed by atoms with van der Waals surface area (Å²) in [5.41, 5.74) is 4.30. The number of hydrogen-bond acceptors (Lipinski definition) is 4. The normalized spacial score (nSPS) is 17.9. The first-order valence-corrected chi connectivity index (χ1v) is 10.8. The van der Waals surface area contributed by atoms with Gasteiger partial charge >= 0.3 is 0 Å². The van der Waals surface area contributed by atoms with Gasteiger partial charge in [-0.3, -0.25) is 9.97 Å². The van der Waals surface area contributed by atoms with Crippen molar-refractivity contribution in [1.82, 2.24) is 24.8 Å². The Balaban J connectivity index is 1.58. The second-order valence-electron chi connectivity index (χ2n) is 7.61. The molecule has 0 aliphatic carbocycles. The van der Waals surface area contributed by atoms with Gasteiger partial charge < -0.3 is 19.5 Å². The first-order valence-electron chi connectivity index (χ1n) is 10.4. The molecule has 4 heterocycles. The zero-order valence-electron chi connectivity index (χ0n) is 17.6. The highest BCUT2D eigenvalue weighted by molar-refractivity contribution is 7.80. The summed E-state index contributed by atoms with van der Waals surface area (Å²) in [6.07, 6.45) is 7.53. The lowest BCUT2D eigenvalue weighted by molar-refractivity contribution is 0.302. The highest BCUT2D eigenvalue weighted by atomic mass is 32.1. The first kappa shape index (κ1) is 20.2. The van der Waals surface area contributed by atoms with Crippen LogP contribution < -0.4 is 10.1 Å². The average molecular weight is 442 g/mol. The van der Waals surface area contributed by atoms with Crippen LogP contribution in [-0.4, -0.2) is 31.7 Å². The van der Waals surface area contributed by atoms with E-state index in [2.05, 4.69) is 55.2 Å². The van der Waals surface area contributed by atoms with E-state index < -0.39 is 0 Å². The van der Waals surface area contributed by atoms with Crippen LogP contribution in [0.4, 0.5) is 0 Å². The van der Waals surface area contributed by atoms with Crippen molar-refractivity contribution >= 4 is 17.3 Å². The van der Waals surface area contributed by atoms with Crippen molar-refractivity contribution < 1.29 is 4.74 Å². The molecule has 0 saturated carbocycles. The molecule has 160 valence electrons. The Bertz CT molecular complexity index is 1190. The molecule has 5 rings (SSSR count). The summed E-state index contributed by atoms with van der Waals surface area (Å²) >= 11 is 5.81. The van der Waals surface area contributed by atoms with Crippen molar-refractivity contribution in [2.45, 2.75) is 18.6 Å². The minimum absolute atomic E-state index is 0.0392. The van der Waals surface area contributed by atoms with E-state index in [1.54, 1.807) is 7.11 Å². The molecule has 32 heavy (non-hydrogen) atoms. The molecular formula is C25H23N5OS. The van der Waals surface area contributed by atoms with E-state index in [1.165, 1.54) is 0 Å². The van der Waals surface area contributed by atoms with Crippen LogP contribution >= 0.6 is 12.2 Å². The van der Waals surface area contributed by atoms with Gasteiger partial charge in [-0.2, -0.15) is 0 Å². The molecule has 0 bridgehead atoms. The molecule has 1 aromatic carbocycles. The summed E-state index contributed by atoms with van der Waals surface area (Å²) in [6.45, 7) is 0.677. The number of rotatable bonds is 6. The van der Waals surface area contributed by atoms with Gasteiger partial charge in [0.1, 0.15) is 5.75 Å². The maximum absolute atomic E-state index is 5.81. The van der Waals surface area contributed by atoms with Crippen molar-refractivity contribution in [2.75, 3.05) is 7.11 Å². The second-order valence-corrected chi connectivity index (χ2v) is 8.00. The molecule has 0 radical (unpaired) electrons. The van der Waals surface area contributed by atoms with E-state index in [1.807, 2.05) is 61.1 Å². The molecule has 1 aliphatic rings. The number of nitrogens with one attached hydrogen (secondary N) is 1. The smallest absolute Gasteiger partial charge is 0.170 e. The van der Waals surface area contributed by atoms with Crippen LogP contribution in [-0.2, 0) is 6.54 Å². The lowest BCUT2D eigenvalue weighted by Gasteiger charge is -2.29. The molecule has 6 nitrogen and oxygen atoms in total. The Morgan fingerprint density at radius 2 is 1.78 bits per heavy atom. The van der Waals surface area contributed by atoms with Crippen LogP contribution in [0, 0.1) is 0 Å². The van der Waals surface area contributed by atoms with Gasteiger partial charge in [0.2, 0.25) is 0 Å². The average Bonchev–Trinajstić information content (AvgIpc) is 3.45. The fourth-order valence-electron chi connectivity index (χ4n) is 4.20. The summed E-state index contributed by atoms with van der Waals surface area (Å²) in [7, 11) is 1.68. The van der Waals surface area contributed by atoms with Crippen molar-refractivity contribution in [3.63, 3.8) is 0 Å². The van der Waals surface area contributed by atoms with Crippen molar-refractivity contribution in [3.8, 4) is 11.4 Å². The number of methoxy groups -OCH3 is 1. The number of ether oxygens (including phenoxy) is 1. The third kappa shape index (κ3) is 3.83. The highest BCUT2D eigenvalue weighted by Gasteiger charge is 2.41. The SMILES string of the molecule is COc1ccc(-n2cccc2[C@@H]2[C@H](c3ccccn3)NC(=S)N2Cc2ccncc2)cc1. The molecule has 7 heteroatoms. The number of nitrogens with zero attached hydrogens (tertiary/aromatic N) is 4. The van der Waals surface area contributed by atoms with Gasteiger partial charge in [-0.05, 0) is 78.4 Å². The Morgan fingerprint density at radius 3 is 2.50 bits per heavy atom. The third-order valence-corrected chi connectivity index (χ3v) is 6.09. The van der Waals surface area contributed by atoms with Crippen LogP contribution in [0.1, 0.15) is 29.0 Å².